The number of para-hydroxylation sites is 2. The lowest BCUT2D eigenvalue weighted by Gasteiger charge is -2.23. The number of thiazole rings is 1. The third-order valence-corrected chi connectivity index (χ3v) is 4.98. The summed E-state index contributed by atoms with van der Waals surface area (Å²) in [7, 11) is 0. The number of aromatic nitrogens is 2. The molecule has 0 spiro atoms. The van der Waals surface area contributed by atoms with Gasteiger partial charge in [-0.15, -0.1) is 11.3 Å². The highest BCUT2D eigenvalue weighted by molar-refractivity contribution is 7.15. The number of hydrogen-bond donors (Lipinski definition) is 1. The molecule has 3 aromatic rings. The molecule has 19 heavy (non-hydrogen) atoms. The summed E-state index contributed by atoms with van der Waals surface area (Å²) in [6.07, 6.45) is 4.18. The number of nitrogens with one attached hydrogen (secondary N) is 1. The summed E-state index contributed by atoms with van der Waals surface area (Å²) in [6, 6.07) is 8.45. The number of nitrogens with zero attached hydrogens (tertiary/aromatic N) is 2. The first kappa shape index (κ1) is 11.4. The van der Waals surface area contributed by atoms with Crippen LogP contribution in [0.5, 0.6) is 0 Å². The lowest BCUT2D eigenvalue weighted by Crippen LogP contribution is -3.11. The van der Waals surface area contributed by atoms with Gasteiger partial charge in [0.1, 0.15) is 6.54 Å². The van der Waals surface area contributed by atoms with E-state index in [0.29, 0.717) is 0 Å². The number of imidazole rings is 1. The Morgan fingerprint density at radius 2 is 2.00 bits per heavy atom. The van der Waals surface area contributed by atoms with Gasteiger partial charge < -0.3 is 4.90 Å². The summed E-state index contributed by atoms with van der Waals surface area (Å²) < 4.78 is 2.35. The molecule has 0 aliphatic carbocycles. The first-order chi connectivity index (χ1) is 9.42. The van der Waals surface area contributed by atoms with Crippen LogP contribution in [0.25, 0.3) is 16.0 Å². The number of likely N-dealkylation sites (tertiary alicyclic amines) is 1. The van der Waals surface area contributed by atoms with Gasteiger partial charge in [-0.25, -0.2) is 4.98 Å². The Kier molecular flexibility index (Phi) is 2.78. The molecule has 3 nitrogen and oxygen atoms in total. The fourth-order valence-corrected chi connectivity index (χ4v) is 4.04. The van der Waals surface area contributed by atoms with Crippen molar-refractivity contribution in [3.63, 3.8) is 0 Å². The van der Waals surface area contributed by atoms with Crippen molar-refractivity contribution in [2.45, 2.75) is 25.8 Å². The van der Waals surface area contributed by atoms with Gasteiger partial charge in [0.25, 0.3) is 0 Å². The Balaban J connectivity index is 1.76. The van der Waals surface area contributed by atoms with Crippen LogP contribution in [0, 0.1) is 0 Å². The van der Waals surface area contributed by atoms with E-state index in [4.69, 9.17) is 4.98 Å². The molecule has 4 rings (SSSR count). The molecule has 0 radical (unpaired) electrons. The fraction of sp³-hybridized carbons (Fsp3) is 0.400. The van der Waals surface area contributed by atoms with Crippen LogP contribution in [0.4, 0.5) is 0 Å². The van der Waals surface area contributed by atoms with E-state index in [1.807, 2.05) is 0 Å². The highest BCUT2D eigenvalue weighted by Gasteiger charge is 2.17. The molecule has 0 bridgehead atoms. The van der Waals surface area contributed by atoms with Crippen LogP contribution >= 0.6 is 11.3 Å². The largest absolute Gasteiger partial charge is 0.330 e. The summed E-state index contributed by atoms with van der Waals surface area (Å²) in [4.78, 5) is 7.56. The summed E-state index contributed by atoms with van der Waals surface area (Å²) >= 11 is 1.77. The van der Waals surface area contributed by atoms with E-state index >= 15 is 0 Å². The Hall–Kier alpha value is -1.39. The Morgan fingerprint density at radius 1 is 1.16 bits per heavy atom. The summed E-state index contributed by atoms with van der Waals surface area (Å²) in [5.41, 5.74) is 3.79. The van der Waals surface area contributed by atoms with Crippen molar-refractivity contribution < 1.29 is 4.90 Å². The van der Waals surface area contributed by atoms with Crippen LogP contribution in [0.3, 0.4) is 0 Å². The Bertz CT molecular complexity index is 706. The minimum absolute atomic E-state index is 1.12. The predicted molar refractivity (Wildman–Crippen MR) is 78.8 cm³/mol. The van der Waals surface area contributed by atoms with Gasteiger partial charge in [0.15, 0.2) is 4.96 Å². The number of piperidine rings is 1. The lowest BCUT2D eigenvalue weighted by atomic mass is 10.1. The van der Waals surface area contributed by atoms with Crippen molar-refractivity contribution in [3.05, 3.63) is 35.3 Å². The van der Waals surface area contributed by atoms with Crippen LogP contribution in [0.15, 0.2) is 29.6 Å². The molecule has 1 saturated heterocycles. The molecular formula is C15H18N3S+. The minimum atomic E-state index is 1.12. The van der Waals surface area contributed by atoms with Crippen LogP contribution in [0.1, 0.15) is 25.0 Å². The molecule has 0 amide bonds. The normalized spacial score (nSPS) is 17.5. The molecule has 1 aliphatic heterocycles. The van der Waals surface area contributed by atoms with Gasteiger partial charge in [0.05, 0.1) is 29.8 Å². The number of benzene rings is 1. The zero-order chi connectivity index (χ0) is 12.7. The van der Waals surface area contributed by atoms with E-state index < -0.39 is 0 Å². The van der Waals surface area contributed by atoms with Crippen LogP contribution < -0.4 is 4.90 Å². The molecule has 98 valence electrons. The zero-order valence-electron chi connectivity index (χ0n) is 10.9. The van der Waals surface area contributed by atoms with Crippen molar-refractivity contribution in [2.75, 3.05) is 13.1 Å². The summed E-state index contributed by atoms with van der Waals surface area (Å²) in [6.45, 7) is 3.79. The molecule has 1 fully saturated rings. The monoisotopic (exact) mass is 272 g/mol. The first-order valence-corrected chi connectivity index (χ1v) is 7.97. The number of rotatable bonds is 2. The predicted octanol–water partition coefficient (Wildman–Crippen LogP) is 2.12. The highest BCUT2D eigenvalue weighted by Crippen LogP contribution is 2.23. The summed E-state index contributed by atoms with van der Waals surface area (Å²) in [5.74, 6) is 0. The molecule has 1 aliphatic rings. The van der Waals surface area contributed by atoms with Gasteiger partial charge in [-0.3, -0.25) is 4.40 Å². The lowest BCUT2D eigenvalue weighted by molar-refractivity contribution is -0.918. The van der Waals surface area contributed by atoms with Gasteiger partial charge in [-0.1, -0.05) is 12.1 Å². The van der Waals surface area contributed by atoms with Crippen molar-refractivity contribution in [3.8, 4) is 0 Å². The third-order valence-electron chi connectivity index (χ3n) is 4.11. The molecule has 1 N–H and O–H groups in total. The van der Waals surface area contributed by atoms with E-state index in [2.05, 4.69) is 34.0 Å². The molecule has 0 saturated carbocycles. The van der Waals surface area contributed by atoms with Crippen LogP contribution in [-0.2, 0) is 6.54 Å². The minimum Gasteiger partial charge on any atom is -0.330 e. The summed E-state index contributed by atoms with van der Waals surface area (Å²) in [5, 5.41) is 2.29. The van der Waals surface area contributed by atoms with E-state index in [0.717, 1.165) is 17.0 Å². The van der Waals surface area contributed by atoms with Gasteiger partial charge >= 0.3 is 0 Å². The van der Waals surface area contributed by atoms with Crippen LogP contribution in [-0.4, -0.2) is 22.5 Å². The van der Waals surface area contributed by atoms with Crippen molar-refractivity contribution in [2.24, 2.45) is 0 Å². The topological polar surface area (TPSA) is 21.7 Å². The van der Waals surface area contributed by atoms with E-state index in [1.54, 1.807) is 16.2 Å². The van der Waals surface area contributed by atoms with E-state index in [1.165, 1.54) is 43.6 Å². The third kappa shape index (κ3) is 1.95. The number of fused-ring (bicyclic) bond motifs is 3. The molecule has 3 heterocycles. The van der Waals surface area contributed by atoms with Gasteiger partial charge in [0.2, 0.25) is 0 Å². The van der Waals surface area contributed by atoms with Crippen LogP contribution in [0.2, 0.25) is 0 Å². The molecule has 0 atom stereocenters. The smallest absolute Gasteiger partial charge is 0.195 e. The second kappa shape index (κ2) is 4.62. The number of hydrogen-bond acceptors (Lipinski definition) is 2. The van der Waals surface area contributed by atoms with E-state index in [9.17, 15) is 0 Å². The fourth-order valence-electron chi connectivity index (χ4n) is 3.14. The molecular weight excluding hydrogens is 254 g/mol. The van der Waals surface area contributed by atoms with Gasteiger partial charge in [-0.2, -0.15) is 0 Å². The van der Waals surface area contributed by atoms with Gasteiger partial charge in [0, 0.05) is 5.38 Å². The SMILES string of the molecule is c1ccc2c(c1)nc1scc(C[NH+]3CCCCC3)n12. The quantitative estimate of drug-likeness (QED) is 0.758. The average molecular weight is 272 g/mol. The van der Waals surface area contributed by atoms with E-state index in [-0.39, 0.29) is 0 Å². The van der Waals surface area contributed by atoms with Crippen molar-refractivity contribution in [1.82, 2.24) is 9.38 Å². The zero-order valence-corrected chi connectivity index (χ0v) is 11.7. The first-order valence-electron chi connectivity index (χ1n) is 7.09. The maximum atomic E-state index is 4.70. The second-order valence-electron chi connectivity index (χ2n) is 5.43. The standard InChI is InChI=1S/C15H17N3S/c1-4-8-17(9-5-1)10-12-11-19-15-16-13-6-2-3-7-14(13)18(12)15/h2-3,6-7,11H,1,4-5,8-10H2/p+1. The molecule has 0 unspecified atom stereocenters. The maximum absolute atomic E-state index is 4.70. The number of quaternary nitrogens is 1. The maximum Gasteiger partial charge on any atom is 0.195 e. The Morgan fingerprint density at radius 3 is 2.89 bits per heavy atom. The molecule has 4 heteroatoms. The second-order valence-corrected chi connectivity index (χ2v) is 6.27. The van der Waals surface area contributed by atoms with Gasteiger partial charge in [-0.05, 0) is 31.4 Å². The van der Waals surface area contributed by atoms with Crippen molar-refractivity contribution in [1.29, 1.82) is 0 Å². The average Bonchev–Trinajstić information content (AvgIpc) is 3.00. The molecule has 2 aromatic heterocycles. The Labute approximate surface area is 116 Å². The molecule has 1 aromatic carbocycles. The van der Waals surface area contributed by atoms with Crippen molar-refractivity contribution >= 4 is 27.3 Å². The highest BCUT2D eigenvalue weighted by atomic mass is 32.1.